The zero-order chi connectivity index (χ0) is 21.9. The Labute approximate surface area is 180 Å². The number of hydrogen-bond acceptors (Lipinski definition) is 6. The first-order chi connectivity index (χ1) is 14.9. The molecular weight excluding hydrogens is 394 g/mol. The number of nitrogens with zero attached hydrogens (tertiary/aromatic N) is 5. The monoisotopic (exact) mass is 417 g/mol. The Balaban J connectivity index is 1.69. The molecule has 2 atom stereocenters. The quantitative estimate of drug-likeness (QED) is 0.768. The Morgan fingerprint density at radius 3 is 2.48 bits per heavy atom. The topological polar surface area (TPSA) is 68.7 Å². The van der Waals surface area contributed by atoms with Gasteiger partial charge in [-0.2, -0.15) is 0 Å². The van der Waals surface area contributed by atoms with Gasteiger partial charge < -0.3 is 9.64 Å². The minimum atomic E-state index is -0.609. The molecule has 0 saturated carbocycles. The predicted molar refractivity (Wildman–Crippen MR) is 117 cm³/mol. The summed E-state index contributed by atoms with van der Waals surface area (Å²) >= 11 is 0. The third-order valence-corrected chi connectivity index (χ3v) is 5.98. The molecule has 0 N–H and O–H groups in total. The molecule has 0 bridgehead atoms. The first-order valence-electron chi connectivity index (χ1n) is 10.0. The Kier molecular flexibility index (Phi) is 4.25. The fourth-order valence-electron chi connectivity index (χ4n) is 4.34. The summed E-state index contributed by atoms with van der Waals surface area (Å²) in [4.78, 5) is 36.9. The van der Waals surface area contributed by atoms with Gasteiger partial charge in [0.1, 0.15) is 5.75 Å². The lowest BCUT2D eigenvalue weighted by molar-refractivity contribution is -0.135. The van der Waals surface area contributed by atoms with Crippen molar-refractivity contribution >= 4 is 29.3 Å². The second-order valence-electron chi connectivity index (χ2n) is 7.88. The molecule has 3 aliphatic rings. The van der Waals surface area contributed by atoms with E-state index in [1.807, 2.05) is 71.5 Å². The summed E-state index contributed by atoms with van der Waals surface area (Å²) in [6.07, 6.45) is 1.36. The van der Waals surface area contributed by atoms with Gasteiger partial charge in [-0.1, -0.05) is 36.4 Å². The zero-order valence-corrected chi connectivity index (χ0v) is 17.8. The number of fused-ring (bicyclic) bond motifs is 3. The van der Waals surface area contributed by atoms with E-state index in [0.29, 0.717) is 11.7 Å². The molecule has 158 valence electrons. The van der Waals surface area contributed by atoms with E-state index in [-0.39, 0.29) is 11.9 Å². The molecule has 8 heteroatoms. The van der Waals surface area contributed by atoms with Crippen LogP contribution >= 0.6 is 0 Å². The normalized spacial score (nSPS) is 22.5. The molecule has 2 aromatic carbocycles. The summed E-state index contributed by atoms with van der Waals surface area (Å²) in [5.74, 6) is 1.02. The molecule has 0 radical (unpaired) electrons. The van der Waals surface area contributed by atoms with Gasteiger partial charge >= 0.3 is 6.03 Å². The molecule has 0 aromatic heterocycles. The number of benzene rings is 2. The van der Waals surface area contributed by atoms with Crippen LogP contribution in [0.25, 0.3) is 5.70 Å². The molecular formula is C23H23N5O3. The fraction of sp³-hybridized carbons (Fsp3) is 0.261. The highest BCUT2D eigenvalue weighted by Gasteiger charge is 2.54. The first kappa shape index (κ1) is 19.2. The van der Waals surface area contributed by atoms with Gasteiger partial charge in [-0.25, -0.2) is 9.79 Å². The van der Waals surface area contributed by atoms with Gasteiger partial charge in [0.25, 0.3) is 5.91 Å². The van der Waals surface area contributed by atoms with Gasteiger partial charge in [-0.3, -0.25) is 19.5 Å². The van der Waals surface area contributed by atoms with Crippen LogP contribution in [0, 0.1) is 6.92 Å². The number of carbonyl (C=O) groups excluding carboxylic acids is 2. The van der Waals surface area contributed by atoms with Crippen LogP contribution in [0.15, 0.2) is 59.7 Å². The van der Waals surface area contributed by atoms with Crippen LogP contribution in [-0.4, -0.2) is 66.0 Å². The summed E-state index contributed by atoms with van der Waals surface area (Å²) in [7, 11) is 4.82. The number of hydrogen-bond donors (Lipinski definition) is 0. The smallest absolute Gasteiger partial charge is 0.328 e. The Bertz CT molecular complexity index is 1140. The van der Waals surface area contributed by atoms with Crippen molar-refractivity contribution in [3.05, 3.63) is 65.9 Å². The van der Waals surface area contributed by atoms with E-state index < -0.39 is 12.2 Å². The number of urea groups is 1. The van der Waals surface area contributed by atoms with Crippen molar-refractivity contribution in [3.63, 3.8) is 0 Å². The molecule has 3 aliphatic heterocycles. The van der Waals surface area contributed by atoms with Crippen LogP contribution in [0.1, 0.15) is 11.1 Å². The van der Waals surface area contributed by atoms with Crippen molar-refractivity contribution in [2.24, 2.45) is 4.99 Å². The molecule has 31 heavy (non-hydrogen) atoms. The summed E-state index contributed by atoms with van der Waals surface area (Å²) in [5, 5.41) is 0. The maximum atomic E-state index is 13.1. The lowest BCUT2D eigenvalue weighted by Crippen LogP contribution is -2.63. The Morgan fingerprint density at radius 2 is 1.77 bits per heavy atom. The summed E-state index contributed by atoms with van der Waals surface area (Å²) in [6, 6.07) is 14.9. The molecule has 3 amide bonds. The van der Waals surface area contributed by atoms with E-state index >= 15 is 0 Å². The average Bonchev–Trinajstić information content (AvgIpc) is 3.33. The van der Waals surface area contributed by atoms with Crippen LogP contribution in [0.4, 0.5) is 10.5 Å². The van der Waals surface area contributed by atoms with E-state index in [1.165, 1.54) is 11.9 Å². The predicted octanol–water partition coefficient (Wildman–Crippen LogP) is 2.71. The minimum Gasteiger partial charge on any atom is -0.495 e. The molecule has 2 unspecified atom stereocenters. The number of carbonyl (C=O) groups is 2. The maximum Gasteiger partial charge on any atom is 0.328 e. The number of amides is 3. The lowest BCUT2D eigenvalue weighted by Gasteiger charge is -2.38. The molecule has 3 heterocycles. The number of anilines is 1. The van der Waals surface area contributed by atoms with Crippen molar-refractivity contribution in [2.45, 2.75) is 19.1 Å². The highest BCUT2D eigenvalue weighted by Crippen LogP contribution is 2.43. The van der Waals surface area contributed by atoms with Crippen LogP contribution < -0.4 is 9.64 Å². The number of rotatable bonds is 3. The van der Waals surface area contributed by atoms with Crippen LogP contribution in [0.3, 0.4) is 0 Å². The summed E-state index contributed by atoms with van der Waals surface area (Å²) in [5.41, 5.74) is 3.77. The number of methoxy groups -OCH3 is 1. The number of likely N-dealkylation sites (N-methyl/N-ethyl adjacent to an activating group) is 2. The standard InChI is InChI=1S/C23H23N5O3/c1-14-10-11-18(31-4)16(12-14)28-17(15-8-6-5-7-9-15)13-27-19-20(24-22(27)28)25(2)23(30)26(3)21(19)29/h5-13,19-20H,1-4H3. The summed E-state index contributed by atoms with van der Waals surface area (Å²) < 4.78 is 5.66. The second kappa shape index (κ2) is 6.87. The first-order valence-corrected chi connectivity index (χ1v) is 10.0. The highest BCUT2D eigenvalue weighted by atomic mass is 16.5. The molecule has 8 nitrogen and oxygen atoms in total. The van der Waals surface area contributed by atoms with Crippen LogP contribution in [0.2, 0.25) is 0 Å². The summed E-state index contributed by atoms with van der Waals surface area (Å²) in [6.45, 7) is 2.02. The average molecular weight is 417 g/mol. The molecule has 0 spiro atoms. The number of aryl methyl sites for hydroxylation is 1. The minimum absolute atomic E-state index is 0.270. The van der Waals surface area contributed by atoms with E-state index in [4.69, 9.17) is 9.73 Å². The number of ether oxygens (including phenoxy) is 1. The molecule has 1 saturated heterocycles. The van der Waals surface area contributed by atoms with Crippen molar-refractivity contribution in [3.8, 4) is 5.75 Å². The van der Waals surface area contributed by atoms with Crippen molar-refractivity contribution in [1.82, 2.24) is 14.7 Å². The van der Waals surface area contributed by atoms with Crippen LogP contribution in [0.5, 0.6) is 5.75 Å². The van der Waals surface area contributed by atoms with Gasteiger partial charge in [0, 0.05) is 25.9 Å². The van der Waals surface area contributed by atoms with E-state index in [2.05, 4.69) is 0 Å². The third kappa shape index (κ3) is 2.71. The van der Waals surface area contributed by atoms with Gasteiger partial charge in [0.05, 0.1) is 18.5 Å². The van der Waals surface area contributed by atoms with Crippen LogP contribution in [-0.2, 0) is 4.79 Å². The third-order valence-electron chi connectivity index (χ3n) is 5.98. The van der Waals surface area contributed by atoms with Crippen molar-refractivity contribution in [2.75, 3.05) is 26.1 Å². The zero-order valence-electron chi connectivity index (χ0n) is 17.8. The second-order valence-corrected chi connectivity index (χ2v) is 7.88. The SMILES string of the molecule is COc1ccc(C)cc1N1C(c2ccccc2)=CN2C1=NC1C2C(=O)N(C)C(=O)N1C. The molecule has 1 fully saturated rings. The Morgan fingerprint density at radius 1 is 1.03 bits per heavy atom. The largest absolute Gasteiger partial charge is 0.495 e. The van der Waals surface area contributed by atoms with Gasteiger partial charge in [0.2, 0.25) is 5.96 Å². The number of aliphatic imine (C=N–C) groups is 1. The van der Waals surface area contributed by atoms with E-state index in [0.717, 1.165) is 27.4 Å². The fourth-order valence-corrected chi connectivity index (χ4v) is 4.34. The van der Waals surface area contributed by atoms with Crippen molar-refractivity contribution < 1.29 is 14.3 Å². The van der Waals surface area contributed by atoms with E-state index in [1.54, 1.807) is 14.2 Å². The number of guanidine groups is 1. The van der Waals surface area contributed by atoms with Crippen molar-refractivity contribution in [1.29, 1.82) is 0 Å². The lowest BCUT2D eigenvalue weighted by atomic mass is 10.1. The molecule has 0 aliphatic carbocycles. The maximum absolute atomic E-state index is 13.1. The van der Waals surface area contributed by atoms with Gasteiger partial charge in [-0.05, 0) is 24.6 Å². The highest BCUT2D eigenvalue weighted by molar-refractivity contribution is 6.16. The van der Waals surface area contributed by atoms with Gasteiger partial charge in [0.15, 0.2) is 12.2 Å². The number of imide groups is 1. The van der Waals surface area contributed by atoms with Gasteiger partial charge in [-0.15, -0.1) is 0 Å². The molecule has 5 rings (SSSR count). The van der Waals surface area contributed by atoms with E-state index in [9.17, 15) is 9.59 Å². The Hall–Kier alpha value is -3.81. The molecule has 2 aromatic rings.